The molecule has 1 saturated heterocycles. The van der Waals surface area contributed by atoms with Gasteiger partial charge in [0.2, 0.25) is 0 Å². The Hall–Kier alpha value is -1.85. The summed E-state index contributed by atoms with van der Waals surface area (Å²) in [7, 11) is 0. The Morgan fingerprint density at radius 1 is 1.14 bits per heavy atom. The Labute approximate surface area is 125 Å². The molecule has 3 rings (SSSR count). The number of hydrogen-bond donors (Lipinski definition) is 1. The molecule has 1 fully saturated rings. The van der Waals surface area contributed by atoms with Crippen molar-refractivity contribution < 1.29 is 4.74 Å². The van der Waals surface area contributed by atoms with Gasteiger partial charge in [-0.3, -0.25) is 4.90 Å². The highest BCUT2D eigenvalue weighted by molar-refractivity contribution is 5.39. The number of imidazole rings is 1. The highest BCUT2D eigenvalue weighted by Gasteiger charge is 2.11. The number of nitrogens with two attached hydrogens (primary N) is 1. The topological polar surface area (TPSA) is 56.3 Å². The summed E-state index contributed by atoms with van der Waals surface area (Å²) in [4.78, 5) is 6.93. The standard InChI is InChI=1S/C16H22N4O/c17-15-3-1-14(2-4-15)13-20-8-6-18-16(20)5-7-19-9-11-21-12-10-19/h1-4,6,8H,5,7,9-13,17H2. The Balaban J connectivity index is 1.59. The lowest BCUT2D eigenvalue weighted by molar-refractivity contribution is 0.0381. The van der Waals surface area contributed by atoms with Crippen molar-refractivity contribution in [2.24, 2.45) is 0 Å². The number of nitrogen functional groups attached to an aromatic ring is 1. The van der Waals surface area contributed by atoms with Gasteiger partial charge in [-0.25, -0.2) is 4.98 Å². The van der Waals surface area contributed by atoms with E-state index in [4.69, 9.17) is 10.5 Å². The molecule has 1 aromatic carbocycles. The van der Waals surface area contributed by atoms with Crippen LogP contribution in [0.3, 0.4) is 0 Å². The monoisotopic (exact) mass is 286 g/mol. The van der Waals surface area contributed by atoms with Crippen LogP contribution >= 0.6 is 0 Å². The van der Waals surface area contributed by atoms with Gasteiger partial charge >= 0.3 is 0 Å². The number of anilines is 1. The van der Waals surface area contributed by atoms with Gasteiger partial charge in [0.25, 0.3) is 0 Å². The van der Waals surface area contributed by atoms with Crippen molar-refractivity contribution >= 4 is 5.69 Å². The first-order valence-electron chi connectivity index (χ1n) is 7.46. The molecule has 0 aliphatic carbocycles. The van der Waals surface area contributed by atoms with Gasteiger partial charge in [0.1, 0.15) is 5.82 Å². The summed E-state index contributed by atoms with van der Waals surface area (Å²) in [6.45, 7) is 5.64. The SMILES string of the molecule is Nc1ccc(Cn2ccnc2CCN2CCOCC2)cc1. The zero-order chi connectivity index (χ0) is 14.5. The molecule has 0 spiro atoms. The molecule has 1 aliphatic heterocycles. The molecular weight excluding hydrogens is 264 g/mol. The molecule has 0 unspecified atom stereocenters. The minimum Gasteiger partial charge on any atom is -0.399 e. The van der Waals surface area contributed by atoms with E-state index >= 15 is 0 Å². The second kappa shape index (κ2) is 6.74. The number of benzene rings is 1. The number of aromatic nitrogens is 2. The van der Waals surface area contributed by atoms with Gasteiger partial charge in [-0.1, -0.05) is 12.1 Å². The van der Waals surface area contributed by atoms with E-state index in [9.17, 15) is 0 Å². The van der Waals surface area contributed by atoms with E-state index in [-0.39, 0.29) is 0 Å². The smallest absolute Gasteiger partial charge is 0.110 e. The van der Waals surface area contributed by atoms with Gasteiger partial charge in [0, 0.05) is 50.7 Å². The number of morpholine rings is 1. The quantitative estimate of drug-likeness (QED) is 0.844. The summed E-state index contributed by atoms with van der Waals surface area (Å²) in [5.41, 5.74) is 7.77. The van der Waals surface area contributed by atoms with Crippen LogP contribution in [-0.2, 0) is 17.7 Å². The maximum atomic E-state index is 5.73. The molecule has 112 valence electrons. The second-order valence-electron chi connectivity index (χ2n) is 5.42. The van der Waals surface area contributed by atoms with Crippen molar-refractivity contribution in [3.8, 4) is 0 Å². The maximum Gasteiger partial charge on any atom is 0.110 e. The van der Waals surface area contributed by atoms with E-state index in [1.165, 1.54) is 5.56 Å². The fraction of sp³-hybridized carbons (Fsp3) is 0.438. The molecular formula is C16H22N4O. The number of nitrogens with zero attached hydrogens (tertiary/aromatic N) is 3. The van der Waals surface area contributed by atoms with E-state index in [0.29, 0.717) is 0 Å². The van der Waals surface area contributed by atoms with E-state index in [0.717, 1.165) is 57.3 Å². The number of hydrogen-bond acceptors (Lipinski definition) is 4. The molecule has 0 saturated carbocycles. The fourth-order valence-corrected chi connectivity index (χ4v) is 2.61. The Morgan fingerprint density at radius 2 is 1.90 bits per heavy atom. The normalized spacial score (nSPS) is 16.2. The van der Waals surface area contributed by atoms with Gasteiger partial charge in [-0.15, -0.1) is 0 Å². The second-order valence-corrected chi connectivity index (χ2v) is 5.42. The van der Waals surface area contributed by atoms with Crippen LogP contribution in [0.15, 0.2) is 36.7 Å². The van der Waals surface area contributed by atoms with E-state index in [2.05, 4.69) is 26.6 Å². The van der Waals surface area contributed by atoms with Crippen molar-refractivity contribution in [1.29, 1.82) is 0 Å². The first kappa shape index (κ1) is 14.1. The van der Waals surface area contributed by atoms with Crippen LogP contribution in [0.25, 0.3) is 0 Å². The van der Waals surface area contributed by atoms with Crippen LogP contribution in [0.4, 0.5) is 5.69 Å². The highest BCUT2D eigenvalue weighted by Crippen LogP contribution is 2.10. The van der Waals surface area contributed by atoms with Gasteiger partial charge in [-0.05, 0) is 17.7 Å². The molecule has 0 bridgehead atoms. The minimum atomic E-state index is 0.803. The molecule has 5 heteroatoms. The Kier molecular flexibility index (Phi) is 4.52. The predicted octanol–water partition coefficient (Wildman–Crippen LogP) is 1.39. The Morgan fingerprint density at radius 3 is 2.67 bits per heavy atom. The highest BCUT2D eigenvalue weighted by atomic mass is 16.5. The zero-order valence-corrected chi connectivity index (χ0v) is 12.2. The lowest BCUT2D eigenvalue weighted by Crippen LogP contribution is -2.37. The third-order valence-corrected chi connectivity index (χ3v) is 3.89. The molecule has 2 heterocycles. The molecule has 2 aromatic rings. The zero-order valence-electron chi connectivity index (χ0n) is 12.2. The van der Waals surface area contributed by atoms with Crippen LogP contribution in [0.2, 0.25) is 0 Å². The number of ether oxygens (including phenoxy) is 1. The van der Waals surface area contributed by atoms with Crippen LogP contribution in [-0.4, -0.2) is 47.3 Å². The summed E-state index contributed by atoms with van der Waals surface area (Å²) < 4.78 is 7.59. The van der Waals surface area contributed by atoms with Crippen molar-refractivity contribution in [2.75, 3.05) is 38.6 Å². The molecule has 0 atom stereocenters. The summed E-state index contributed by atoms with van der Waals surface area (Å²) in [5, 5.41) is 0. The van der Waals surface area contributed by atoms with Crippen LogP contribution in [0, 0.1) is 0 Å². The van der Waals surface area contributed by atoms with E-state index in [1.54, 1.807) is 0 Å². The van der Waals surface area contributed by atoms with E-state index < -0.39 is 0 Å². The van der Waals surface area contributed by atoms with Gasteiger partial charge in [0.05, 0.1) is 13.2 Å². The molecule has 1 aliphatic rings. The van der Waals surface area contributed by atoms with Crippen molar-refractivity contribution in [2.45, 2.75) is 13.0 Å². The van der Waals surface area contributed by atoms with Crippen LogP contribution < -0.4 is 5.73 Å². The first-order valence-corrected chi connectivity index (χ1v) is 7.46. The molecule has 21 heavy (non-hydrogen) atoms. The van der Waals surface area contributed by atoms with Gasteiger partial charge in [-0.2, -0.15) is 0 Å². The van der Waals surface area contributed by atoms with Gasteiger partial charge in [0.15, 0.2) is 0 Å². The van der Waals surface area contributed by atoms with Crippen molar-refractivity contribution in [3.63, 3.8) is 0 Å². The third-order valence-electron chi connectivity index (χ3n) is 3.89. The maximum absolute atomic E-state index is 5.73. The predicted molar refractivity (Wildman–Crippen MR) is 83.1 cm³/mol. The lowest BCUT2D eigenvalue weighted by atomic mass is 10.2. The van der Waals surface area contributed by atoms with E-state index in [1.807, 2.05) is 24.5 Å². The number of rotatable bonds is 5. The van der Waals surface area contributed by atoms with Crippen LogP contribution in [0.1, 0.15) is 11.4 Å². The summed E-state index contributed by atoms with van der Waals surface area (Å²) >= 11 is 0. The summed E-state index contributed by atoms with van der Waals surface area (Å²) in [6.07, 6.45) is 4.90. The molecule has 0 radical (unpaired) electrons. The molecule has 0 amide bonds. The summed E-state index contributed by atoms with van der Waals surface area (Å²) in [5.74, 6) is 1.14. The molecule has 2 N–H and O–H groups in total. The summed E-state index contributed by atoms with van der Waals surface area (Å²) in [6, 6.07) is 8.03. The molecule has 5 nitrogen and oxygen atoms in total. The van der Waals surface area contributed by atoms with Gasteiger partial charge < -0.3 is 15.0 Å². The minimum absolute atomic E-state index is 0.803. The van der Waals surface area contributed by atoms with Crippen molar-refractivity contribution in [3.05, 3.63) is 48.0 Å². The lowest BCUT2D eigenvalue weighted by Gasteiger charge is -2.26. The fourth-order valence-electron chi connectivity index (χ4n) is 2.61. The largest absolute Gasteiger partial charge is 0.399 e. The van der Waals surface area contributed by atoms with Crippen molar-refractivity contribution in [1.82, 2.24) is 14.5 Å². The average molecular weight is 286 g/mol. The average Bonchev–Trinajstić information content (AvgIpc) is 2.96. The molecule has 1 aromatic heterocycles. The first-order chi connectivity index (χ1) is 10.3. The third kappa shape index (κ3) is 3.83. The van der Waals surface area contributed by atoms with Crippen LogP contribution in [0.5, 0.6) is 0 Å². The Bertz CT molecular complexity index is 558.